The van der Waals surface area contributed by atoms with Gasteiger partial charge in [-0.2, -0.15) is 0 Å². The maximum atomic E-state index is 13.3. The van der Waals surface area contributed by atoms with Crippen LogP contribution in [0.25, 0.3) is 0 Å². The lowest BCUT2D eigenvalue weighted by atomic mass is 10.1. The van der Waals surface area contributed by atoms with Crippen LogP contribution in [0, 0.1) is 0 Å². The number of hydrogen-bond acceptors (Lipinski definition) is 9. The molecule has 2 rings (SSSR count). The molecule has 0 radical (unpaired) electrons. The molecule has 0 bridgehead atoms. The number of hydrogen-bond donors (Lipinski definition) is 2. The molecule has 2 N–H and O–H groups in total. The van der Waals surface area contributed by atoms with Gasteiger partial charge in [-0.1, -0.05) is 91.4 Å². The van der Waals surface area contributed by atoms with Crippen molar-refractivity contribution >= 4 is 35.8 Å². The molecule has 2 aromatic carbocycles. The topological polar surface area (TPSA) is 162 Å². The molecule has 1 unspecified atom stereocenters. The Morgan fingerprint density at radius 3 is 2.02 bits per heavy atom. The highest BCUT2D eigenvalue weighted by molar-refractivity contribution is 6.02. The van der Waals surface area contributed by atoms with Gasteiger partial charge >= 0.3 is 29.8 Å². The number of carbonyl (C=O) groups excluding carboxylic acids is 5. The Kier molecular flexibility index (Phi) is 20.6. The van der Waals surface area contributed by atoms with Crippen molar-refractivity contribution in [3.8, 4) is 11.5 Å². The van der Waals surface area contributed by atoms with E-state index in [0.29, 0.717) is 12.8 Å². The van der Waals surface area contributed by atoms with Crippen LogP contribution in [0.2, 0.25) is 0 Å². The van der Waals surface area contributed by atoms with Crippen LogP contribution < -0.4 is 14.8 Å². The number of amides is 1. The molecule has 282 valence electrons. The second kappa shape index (κ2) is 25.2. The molecule has 0 aromatic heterocycles. The van der Waals surface area contributed by atoms with Crippen molar-refractivity contribution in [1.29, 1.82) is 0 Å². The highest BCUT2D eigenvalue weighted by Crippen LogP contribution is 2.24. The van der Waals surface area contributed by atoms with Crippen molar-refractivity contribution in [3.05, 3.63) is 120 Å². The number of esters is 4. The van der Waals surface area contributed by atoms with Crippen LogP contribution in [0.1, 0.15) is 106 Å². The summed E-state index contributed by atoms with van der Waals surface area (Å²) < 4.78 is 15.5. The maximum Gasteiger partial charge on any atom is 0.347 e. The highest BCUT2D eigenvalue weighted by Gasteiger charge is 2.27. The average Bonchev–Trinajstić information content (AvgIpc) is 3.12. The molecule has 0 saturated heterocycles. The Morgan fingerprint density at radius 1 is 0.736 bits per heavy atom. The first-order valence-electron chi connectivity index (χ1n) is 17.6. The average molecular weight is 728 g/mol. The Balaban J connectivity index is 1.88. The smallest absolute Gasteiger partial charge is 0.347 e. The van der Waals surface area contributed by atoms with Gasteiger partial charge in [-0.25, -0.2) is 9.59 Å². The van der Waals surface area contributed by atoms with Crippen LogP contribution in [0.15, 0.2) is 109 Å². The van der Waals surface area contributed by atoms with Crippen molar-refractivity contribution in [2.45, 2.75) is 91.0 Å². The Labute approximate surface area is 311 Å². The molecule has 0 fully saturated rings. The molecule has 11 nitrogen and oxygen atoms in total. The predicted molar refractivity (Wildman–Crippen MR) is 201 cm³/mol. The number of para-hydroxylation sites is 2. The second-order valence-electron chi connectivity index (χ2n) is 11.9. The molecule has 0 aliphatic carbocycles. The van der Waals surface area contributed by atoms with Crippen LogP contribution in [0.3, 0.4) is 0 Å². The third kappa shape index (κ3) is 18.3. The van der Waals surface area contributed by atoms with Gasteiger partial charge in [0.1, 0.15) is 23.1 Å². The van der Waals surface area contributed by atoms with E-state index in [1.165, 1.54) is 55.0 Å². The van der Waals surface area contributed by atoms with Crippen LogP contribution in [-0.4, -0.2) is 46.9 Å². The van der Waals surface area contributed by atoms with Gasteiger partial charge in [0, 0.05) is 19.8 Å². The molecule has 1 atom stereocenters. The van der Waals surface area contributed by atoms with Gasteiger partial charge in [0.05, 0.1) is 5.56 Å². The van der Waals surface area contributed by atoms with E-state index in [1.54, 1.807) is 6.07 Å². The summed E-state index contributed by atoms with van der Waals surface area (Å²) >= 11 is 0. The second-order valence-corrected chi connectivity index (χ2v) is 11.9. The van der Waals surface area contributed by atoms with E-state index >= 15 is 0 Å². The summed E-state index contributed by atoms with van der Waals surface area (Å²) in [6.45, 7) is 5.40. The summed E-state index contributed by atoms with van der Waals surface area (Å²) in [6, 6.07) is 10.1. The van der Waals surface area contributed by atoms with E-state index < -0.39 is 48.2 Å². The Morgan fingerprint density at radius 2 is 1.34 bits per heavy atom. The van der Waals surface area contributed by atoms with E-state index in [4.69, 9.17) is 14.2 Å². The van der Waals surface area contributed by atoms with E-state index in [1.807, 2.05) is 12.2 Å². The number of allylic oxidation sites excluding steroid dienone is 10. The summed E-state index contributed by atoms with van der Waals surface area (Å²) in [5, 5.41) is 11.6. The van der Waals surface area contributed by atoms with E-state index in [2.05, 4.69) is 61.7 Å². The van der Waals surface area contributed by atoms with E-state index in [0.717, 1.165) is 32.1 Å². The molecule has 2 aromatic rings. The third-order valence-electron chi connectivity index (χ3n) is 7.39. The van der Waals surface area contributed by atoms with Gasteiger partial charge in [0.25, 0.3) is 5.91 Å². The molecule has 11 heteroatoms. The zero-order chi connectivity index (χ0) is 38.8. The van der Waals surface area contributed by atoms with Crippen molar-refractivity contribution in [1.82, 2.24) is 5.32 Å². The van der Waals surface area contributed by atoms with Gasteiger partial charge in [-0.3, -0.25) is 19.2 Å². The van der Waals surface area contributed by atoms with E-state index in [9.17, 15) is 33.9 Å². The van der Waals surface area contributed by atoms with Gasteiger partial charge in [-0.05, 0) is 82.6 Å². The van der Waals surface area contributed by atoms with Crippen LogP contribution in [-0.2, 0) is 23.9 Å². The molecule has 0 spiro atoms. The standard InChI is InChI=1S/C42H49NO10/c1-4-5-6-7-9-12-15-22-31(2)23-16-13-10-8-11-14-17-28-39(47)53-42(50)35(29-30-38(45)46)43-40(48)33-24-18-20-26-36(33)52-41(49)34-25-19-21-27-37(34)51-32(3)44/h5-6,8-9,11-13,16,18-22,24-27,35H,4,7,10,14-15,17,23,28-30H2,1-3H3,(H,43,48)(H,45,46). The fraction of sp³-hybridized carbons (Fsp3) is 0.333. The molecular formula is C42H49NO10. The SMILES string of the molecule is CCC=CCC=CCC=C(C)CC=CCC=CCCCC(=O)OC(=O)C(CCC(=O)O)NC(=O)c1ccccc1OC(=O)c1ccccc1OC(C)=O. The number of nitrogens with one attached hydrogen (secondary N) is 1. The van der Waals surface area contributed by atoms with Gasteiger partial charge in [0.15, 0.2) is 0 Å². The number of carboxylic acids is 1. The molecule has 0 aliphatic rings. The highest BCUT2D eigenvalue weighted by atomic mass is 16.6. The molecule has 1 amide bonds. The Bertz CT molecular complexity index is 1700. The summed E-state index contributed by atoms with van der Waals surface area (Å²) in [5.74, 6) is -5.82. The first-order chi connectivity index (χ1) is 25.5. The predicted octanol–water partition coefficient (Wildman–Crippen LogP) is 8.18. The number of unbranched alkanes of at least 4 members (excludes halogenated alkanes) is 1. The number of carbonyl (C=O) groups is 6. The molecule has 0 heterocycles. The fourth-order valence-corrected chi connectivity index (χ4v) is 4.67. The fourth-order valence-electron chi connectivity index (χ4n) is 4.67. The van der Waals surface area contributed by atoms with Crippen LogP contribution in [0.4, 0.5) is 0 Å². The maximum absolute atomic E-state index is 13.3. The van der Waals surface area contributed by atoms with Crippen molar-refractivity contribution in [2.75, 3.05) is 0 Å². The van der Waals surface area contributed by atoms with Gasteiger partial charge in [-0.15, -0.1) is 0 Å². The normalized spacial score (nSPS) is 12.3. The van der Waals surface area contributed by atoms with Crippen molar-refractivity contribution in [3.63, 3.8) is 0 Å². The lowest BCUT2D eigenvalue weighted by Gasteiger charge is -2.17. The number of carboxylic acid groups (broad SMARTS) is 1. The lowest BCUT2D eigenvalue weighted by Crippen LogP contribution is -2.43. The lowest BCUT2D eigenvalue weighted by molar-refractivity contribution is -0.161. The van der Waals surface area contributed by atoms with Crippen molar-refractivity contribution < 1.29 is 48.1 Å². The zero-order valence-electron chi connectivity index (χ0n) is 30.6. The molecular weight excluding hydrogens is 678 g/mol. The molecule has 0 aliphatic heterocycles. The largest absolute Gasteiger partial charge is 0.481 e. The first kappa shape index (κ1) is 43.3. The van der Waals surface area contributed by atoms with Crippen LogP contribution in [0.5, 0.6) is 11.5 Å². The summed E-state index contributed by atoms with van der Waals surface area (Å²) in [4.78, 5) is 74.3. The number of aliphatic carboxylic acids is 1. The minimum atomic E-state index is -1.48. The summed E-state index contributed by atoms with van der Waals surface area (Å²) in [7, 11) is 0. The van der Waals surface area contributed by atoms with Gasteiger partial charge in [0.2, 0.25) is 0 Å². The number of rotatable bonds is 22. The molecule has 0 saturated carbocycles. The van der Waals surface area contributed by atoms with Crippen LogP contribution >= 0.6 is 0 Å². The number of benzene rings is 2. The Hall–Kier alpha value is -5.84. The number of ether oxygens (including phenoxy) is 3. The summed E-state index contributed by atoms with van der Waals surface area (Å²) in [6.07, 6.45) is 23.6. The monoisotopic (exact) mass is 727 g/mol. The van der Waals surface area contributed by atoms with Gasteiger partial charge < -0.3 is 24.6 Å². The van der Waals surface area contributed by atoms with E-state index in [-0.39, 0.29) is 35.5 Å². The third-order valence-corrected chi connectivity index (χ3v) is 7.39. The first-order valence-corrected chi connectivity index (χ1v) is 17.6. The van der Waals surface area contributed by atoms with Crippen molar-refractivity contribution in [2.24, 2.45) is 0 Å². The minimum Gasteiger partial charge on any atom is -0.481 e. The molecule has 53 heavy (non-hydrogen) atoms. The minimum absolute atomic E-state index is 0.0407. The zero-order valence-corrected chi connectivity index (χ0v) is 30.6. The summed E-state index contributed by atoms with van der Waals surface area (Å²) in [5.41, 5.74) is 1.07. The quantitative estimate of drug-likeness (QED) is 0.0398.